The molecule has 1 rings (SSSR count). The average molecular weight is 218 g/mol. The van der Waals surface area contributed by atoms with Gasteiger partial charge < -0.3 is 10.1 Å². The SMILES string of the molecule is CC(C)NC(=O)COc1cccc(C#N)c1. The molecule has 0 saturated heterocycles. The highest BCUT2D eigenvalue weighted by Crippen LogP contribution is 2.12. The predicted octanol–water partition coefficient (Wildman–Crippen LogP) is 1.46. The lowest BCUT2D eigenvalue weighted by atomic mass is 10.2. The molecule has 0 saturated carbocycles. The molecule has 16 heavy (non-hydrogen) atoms. The van der Waals surface area contributed by atoms with Gasteiger partial charge in [0.05, 0.1) is 11.6 Å². The van der Waals surface area contributed by atoms with Crippen molar-refractivity contribution < 1.29 is 9.53 Å². The van der Waals surface area contributed by atoms with Crippen LogP contribution in [0.15, 0.2) is 24.3 Å². The average Bonchev–Trinajstić information content (AvgIpc) is 2.26. The van der Waals surface area contributed by atoms with Crippen molar-refractivity contribution in [3.63, 3.8) is 0 Å². The summed E-state index contributed by atoms with van der Waals surface area (Å²) < 4.78 is 5.25. The number of amides is 1. The third kappa shape index (κ3) is 4.01. The number of carbonyl (C=O) groups excluding carboxylic acids is 1. The number of carbonyl (C=O) groups is 1. The Labute approximate surface area is 94.8 Å². The van der Waals surface area contributed by atoms with Crippen molar-refractivity contribution in [3.05, 3.63) is 29.8 Å². The molecule has 0 spiro atoms. The molecule has 1 aromatic rings. The maximum Gasteiger partial charge on any atom is 0.258 e. The fourth-order valence-corrected chi connectivity index (χ4v) is 1.17. The van der Waals surface area contributed by atoms with Crippen molar-refractivity contribution >= 4 is 5.91 Å². The fraction of sp³-hybridized carbons (Fsp3) is 0.333. The summed E-state index contributed by atoms with van der Waals surface area (Å²) in [4.78, 5) is 11.3. The predicted molar refractivity (Wildman–Crippen MR) is 59.9 cm³/mol. The maximum atomic E-state index is 11.3. The Morgan fingerprint density at radius 3 is 2.94 bits per heavy atom. The molecule has 4 heteroatoms. The second-order valence-corrected chi connectivity index (χ2v) is 3.65. The number of ether oxygens (including phenoxy) is 1. The van der Waals surface area contributed by atoms with Gasteiger partial charge in [-0.2, -0.15) is 5.26 Å². The Morgan fingerprint density at radius 1 is 1.56 bits per heavy atom. The van der Waals surface area contributed by atoms with Gasteiger partial charge in [-0.3, -0.25) is 4.79 Å². The van der Waals surface area contributed by atoms with Gasteiger partial charge in [-0.15, -0.1) is 0 Å². The largest absolute Gasteiger partial charge is 0.484 e. The smallest absolute Gasteiger partial charge is 0.258 e. The van der Waals surface area contributed by atoms with Gasteiger partial charge in [-0.1, -0.05) is 6.07 Å². The first-order chi connectivity index (χ1) is 7.61. The van der Waals surface area contributed by atoms with E-state index in [4.69, 9.17) is 10.00 Å². The minimum atomic E-state index is -0.169. The highest BCUT2D eigenvalue weighted by Gasteiger charge is 2.04. The number of nitrogens with zero attached hydrogens (tertiary/aromatic N) is 1. The van der Waals surface area contributed by atoms with Crippen LogP contribution in [0.25, 0.3) is 0 Å². The number of nitrogens with one attached hydrogen (secondary N) is 1. The van der Waals surface area contributed by atoms with Gasteiger partial charge in [0, 0.05) is 6.04 Å². The topological polar surface area (TPSA) is 62.1 Å². The van der Waals surface area contributed by atoms with Crippen molar-refractivity contribution in [1.29, 1.82) is 5.26 Å². The van der Waals surface area contributed by atoms with Crippen LogP contribution in [0, 0.1) is 11.3 Å². The van der Waals surface area contributed by atoms with Crippen LogP contribution in [0.1, 0.15) is 19.4 Å². The van der Waals surface area contributed by atoms with Crippen molar-refractivity contribution in [2.24, 2.45) is 0 Å². The highest BCUT2D eigenvalue weighted by molar-refractivity contribution is 5.77. The summed E-state index contributed by atoms with van der Waals surface area (Å²) in [6, 6.07) is 8.82. The Balaban J connectivity index is 2.49. The first-order valence-corrected chi connectivity index (χ1v) is 5.04. The second kappa shape index (κ2) is 5.76. The number of nitriles is 1. The van der Waals surface area contributed by atoms with E-state index in [2.05, 4.69) is 5.32 Å². The first-order valence-electron chi connectivity index (χ1n) is 5.04. The van der Waals surface area contributed by atoms with E-state index in [0.717, 1.165) is 0 Å². The lowest BCUT2D eigenvalue weighted by Crippen LogP contribution is -2.34. The van der Waals surface area contributed by atoms with Crippen molar-refractivity contribution in [2.75, 3.05) is 6.61 Å². The van der Waals surface area contributed by atoms with Crippen molar-refractivity contribution in [3.8, 4) is 11.8 Å². The molecule has 1 amide bonds. The normalized spacial score (nSPS) is 9.62. The van der Waals surface area contributed by atoms with Gasteiger partial charge >= 0.3 is 0 Å². The number of hydrogen-bond donors (Lipinski definition) is 1. The van der Waals surface area contributed by atoms with E-state index in [0.29, 0.717) is 11.3 Å². The number of hydrogen-bond acceptors (Lipinski definition) is 3. The number of benzene rings is 1. The van der Waals surface area contributed by atoms with E-state index in [9.17, 15) is 4.79 Å². The van der Waals surface area contributed by atoms with Gasteiger partial charge in [0.2, 0.25) is 0 Å². The quantitative estimate of drug-likeness (QED) is 0.832. The van der Waals surface area contributed by atoms with Gasteiger partial charge in [0.15, 0.2) is 6.61 Å². The van der Waals surface area contributed by atoms with Crippen LogP contribution in [0.3, 0.4) is 0 Å². The maximum absolute atomic E-state index is 11.3. The molecule has 1 N–H and O–H groups in total. The minimum absolute atomic E-state index is 0.0347. The Kier molecular flexibility index (Phi) is 4.34. The zero-order chi connectivity index (χ0) is 12.0. The molecule has 0 aliphatic rings. The number of rotatable bonds is 4. The molecular formula is C12H14N2O2. The molecule has 0 aliphatic carbocycles. The lowest BCUT2D eigenvalue weighted by Gasteiger charge is -2.09. The summed E-state index contributed by atoms with van der Waals surface area (Å²) in [5, 5.41) is 11.4. The fourth-order valence-electron chi connectivity index (χ4n) is 1.17. The van der Waals surface area contributed by atoms with Crippen LogP contribution in [0.2, 0.25) is 0 Å². The van der Waals surface area contributed by atoms with E-state index in [1.165, 1.54) is 0 Å². The van der Waals surface area contributed by atoms with Crippen LogP contribution in [-0.4, -0.2) is 18.6 Å². The molecule has 0 aliphatic heterocycles. The van der Waals surface area contributed by atoms with Crippen LogP contribution in [0.4, 0.5) is 0 Å². The summed E-state index contributed by atoms with van der Waals surface area (Å²) >= 11 is 0. The molecular weight excluding hydrogens is 204 g/mol. The van der Waals surface area contributed by atoms with Crippen LogP contribution < -0.4 is 10.1 Å². The minimum Gasteiger partial charge on any atom is -0.484 e. The second-order valence-electron chi connectivity index (χ2n) is 3.65. The molecule has 1 aromatic carbocycles. The molecule has 0 fully saturated rings. The summed E-state index contributed by atoms with van der Waals surface area (Å²) in [6.07, 6.45) is 0. The lowest BCUT2D eigenvalue weighted by molar-refractivity contribution is -0.123. The highest BCUT2D eigenvalue weighted by atomic mass is 16.5. The monoisotopic (exact) mass is 218 g/mol. The Morgan fingerprint density at radius 2 is 2.31 bits per heavy atom. The van der Waals surface area contributed by atoms with E-state index in [1.807, 2.05) is 19.9 Å². The van der Waals surface area contributed by atoms with E-state index >= 15 is 0 Å². The molecule has 0 bridgehead atoms. The molecule has 0 aromatic heterocycles. The standard InChI is InChI=1S/C12H14N2O2/c1-9(2)14-12(15)8-16-11-5-3-4-10(6-11)7-13/h3-6,9H,8H2,1-2H3,(H,14,15). The summed E-state index contributed by atoms with van der Waals surface area (Å²) in [6.45, 7) is 3.73. The molecule has 84 valence electrons. The van der Waals surface area contributed by atoms with Crippen molar-refractivity contribution in [1.82, 2.24) is 5.32 Å². The van der Waals surface area contributed by atoms with Gasteiger partial charge in [0.1, 0.15) is 5.75 Å². The summed E-state index contributed by atoms with van der Waals surface area (Å²) in [5.41, 5.74) is 0.516. The van der Waals surface area contributed by atoms with Crippen LogP contribution in [-0.2, 0) is 4.79 Å². The summed E-state index contributed by atoms with van der Waals surface area (Å²) in [5.74, 6) is 0.357. The molecule has 0 heterocycles. The molecule has 0 radical (unpaired) electrons. The third-order valence-corrected chi connectivity index (χ3v) is 1.78. The Bertz CT molecular complexity index is 408. The molecule has 0 unspecified atom stereocenters. The van der Waals surface area contributed by atoms with Gasteiger partial charge in [-0.05, 0) is 32.0 Å². The zero-order valence-electron chi connectivity index (χ0n) is 9.36. The molecule has 4 nitrogen and oxygen atoms in total. The van der Waals surface area contributed by atoms with Crippen LogP contribution in [0.5, 0.6) is 5.75 Å². The van der Waals surface area contributed by atoms with E-state index < -0.39 is 0 Å². The first kappa shape index (κ1) is 12.1. The molecule has 0 atom stereocenters. The van der Waals surface area contributed by atoms with Crippen molar-refractivity contribution in [2.45, 2.75) is 19.9 Å². The Hall–Kier alpha value is -2.02. The third-order valence-electron chi connectivity index (χ3n) is 1.78. The van der Waals surface area contributed by atoms with Gasteiger partial charge in [0.25, 0.3) is 5.91 Å². The summed E-state index contributed by atoms with van der Waals surface area (Å²) in [7, 11) is 0. The van der Waals surface area contributed by atoms with E-state index in [-0.39, 0.29) is 18.6 Å². The van der Waals surface area contributed by atoms with E-state index in [1.54, 1.807) is 24.3 Å². The zero-order valence-corrected chi connectivity index (χ0v) is 9.36. The van der Waals surface area contributed by atoms with Crippen LogP contribution >= 0.6 is 0 Å². The van der Waals surface area contributed by atoms with Gasteiger partial charge in [-0.25, -0.2) is 0 Å².